The maximum atomic E-state index is 13.4. The van der Waals surface area contributed by atoms with E-state index < -0.39 is 17.7 Å². The highest BCUT2D eigenvalue weighted by atomic mass is 16.5. The van der Waals surface area contributed by atoms with Crippen molar-refractivity contribution in [2.75, 3.05) is 52.6 Å². The zero-order valence-electron chi connectivity index (χ0n) is 23.4. The number of aliphatic hydroxyl groups excluding tert-OH is 1. The van der Waals surface area contributed by atoms with Gasteiger partial charge in [0.2, 0.25) is 0 Å². The third-order valence-corrected chi connectivity index (χ3v) is 7.16. The molecule has 39 heavy (non-hydrogen) atoms. The summed E-state index contributed by atoms with van der Waals surface area (Å²) in [6, 6.07) is 12.0. The Balaban J connectivity index is 1.73. The summed E-state index contributed by atoms with van der Waals surface area (Å²) in [5.74, 6) is 0.195. The number of benzene rings is 2. The topological polar surface area (TPSA) is 88.5 Å². The number of likely N-dealkylation sites (tertiary alicyclic amines) is 1. The molecule has 4 rings (SSSR count). The second-order valence-corrected chi connectivity index (χ2v) is 10.5. The van der Waals surface area contributed by atoms with E-state index in [0.29, 0.717) is 68.1 Å². The van der Waals surface area contributed by atoms with Gasteiger partial charge >= 0.3 is 0 Å². The second kappa shape index (κ2) is 13.1. The van der Waals surface area contributed by atoms with E-state index in [0.717, 1.165) is 25.1 Å². The summed E-state index contributed by atoms with van der Waals surface area (Å²) >= 11 is 0. The van der Waals surface area contributed by atoms with Crippen molar-refractivity contribution in [3.63, 3.8) is 0 Å². The first kappa shape index (κ1) is 28.6. The lowest BCUT2D eigenvalue weighted by Crippen LogP contribution is -2.42. The number of carbonyl (C=O) groups is 2. The van der Waals surface area contributed by atoms with E-state index >= 15 is 0 Å². The fourth-order valence-corrected chi connectivity index (χ4v) is 4.88. The lowest BCUT2D eigenvalue weighted by Gasteiger charge is -2.31. The number of amides is 1. The minimum Gasteiger partial charge on any atom is -0.507 e. The van der Waals surface area contributed by atoms with Crippen molar-refractivity contribution in [2.24, 2.45) is 5.92 Å². The predicted molar refractivity (Wildman–Crippen MR) is 150 cm³/mol. The normalized spacial score (nSPS) is 19.6. The summed E-state index contributed by atoms with van der Waals surface area (Å²) in [6.45, 7) is 12.9. The van der Waals surface area contributed by atoms with Crippen molar-refractivity contribution in [1.29, 1.82) is 0 Å². The SMILES string of the molecule is CCOc1cc(C2/C(=C(\O)c3ccc(C)cc3)C(=O)C(=O)N2CCN2CCOCC2)ccc1OCCC(C)C. The molecule has 1 amide bonds. The van der Waals surface area contributed by atoms with Crippen LogP contribution in [0, 0.1) is 12.8 Å². The van der Waals surface area contributed by atoms with E-state index in [1.165, 1.54) is 0 Å². The van der Waals surface area contributed by atoms with Crippen LogP contribution < -0.4 is 9.47 Å². The van der Waals surface area contributed by atoms with Crippen molar-refractivity contribution in [3.8, 4) is 11.5 Å². The van der Waals surface area contributed by atoms with Crippen molar-refractivity contribution in [3.05, 3.63) is 64.7 Å². The van der Waals surface area contributed by atoms with Crippen molar-refractivity contribution in [2.45, 2.75) is 40.2 Å². The van der Waals surface area contributed by atoms with Gasteiger partial charge in [-0.1, -0.05) is 49.7 Å². The van der Waals surface area contributed by atoms with E-state index in [2.05, 4.69) is 18.7 Å². The molecular weight excluding hydrogens is 496 g/mol. The van der Waals surface area contributed by atoms with Gasteiger partial charge in [0.05, 0.1) is 38.0 Å². The molecule has 0 aliphatic carbocycles. The van der Waals surface area contributed by atoms with Crippen LogP contribution in [0.1, 0.15) is 49.9 Å². The molecule has 0 aromatic heterocycles. The molecule has 0 spiro atoms. The van der Waals surface area contributed by atoms with Crippen LogP contribution >= 0.6 is 0 Å². The van der Waals surface area contributed by atoms with Gasteiger partial charge in [-0.3, -0.25) is 14.5 Å². The van der Waals surface area contributed by atoms with Crippen LogP contribution in [0.25, 0.3) is 5.76 Å². The summed E-state index contributed by atoms with van der Waals surface area (Å²) in [5, 5.41) is 11.4. The average Bonchev–Trinajstić information content (AvgIpc) is 3.18. The number of hydrogen-bond acceptors (Lipinski definition) is 7. The Kier molecular flexibility index (Phi) is 9.64. The first-order chi connectivity index (χ1) is 18.8. The van der Waals surface area contributed by atoms with Crippen molar-refractivity contribution in [1.82, 2.24) is 9.80 Å². The molecule has 2 aromatic carbocycles. The van der Waals surface area contributed by atoms with Crippen LogP contribution in [-0.4, -0.2) is 79.2 Å². The highest BCUT2D eigenvalue weighted by Crippen LogP contribution is 2.42. The number of aryl methyl sites for hydroxylation is 1. The predicted octanol–water partition coefficient (Wildman–Crippen LogP) is 4.57. The second-order valence-electron chi connectivity index (χ2n) is 10.5. The fourth-order valence-electron chi connectivity index (χ4n) is 4.88. The van der Waals surface area contributed by atoms with Crippen LogP contribution in [0.3, 0.4) is 0 Å². The van der Waals surface area contributed by atoms with Crippen LogP contribution in [0.2, 0.25) is 0 Å². The number of nitrogens with zero attached hydrogens (tertiary/aromatic N) is 2. The van der Waals surface area contributed by atoms with Crippen molar-refractivity contribution >= 4 is 17.4 Å². The van der Waals surface area contributed by atoms with Gasteiger partial charge < -0.3 is 24.2 Å². The Labute approximate surface area is 231 Å². The number of hydrogen-bond donors (Lipinski definition) is 1. The number of Topliss-reactive ketones (excluding diaryl/α,β-unsaturated/α-hetero) is 1. The van der Waals surface area contributed by atoms with Crippen LogP contribution in [0.15, 0.2) is 48.0 Å². The first-order valence-electron chi connectivity index (χ1n) is 13.8. The monoisotopic (exact) mass is 536 g/mol. The Hall–Kier alpha value is -3.36. The van der Waals surface area contributed by atoms with Crippen LogP contribution in [-0.2, 0) is 14.3 Å². The summed E-state index contributed by atoms with van der Waals surface area (Å²) < 4.78 is 17.4. The maximum Gasteiger partial charge on any atom is 0.295 e. The minimum atomic E-state index is -0.753. The minimum absolute atomic E-state index is 0.0850. The lowest BCUT2D eigenvalue weighted by atomic mass is 9.94. The molecule has 2 aromatic rings. The van der Waals surface area contributed by atoms with Gasteiger partial charge in [0.25, 0.3) is 11.7 Å². The van der Waals surface area contributed by atoms with Gasteiger partial charge in [-0.05, 0) is 43.9 Å². The summed E-state index contributed by atoms with van der Waals surface area (Å²) in [7, 11) is 0. The quantitative estimate of drug-likeness (QED) is 0.256. The number of rotatable bonds is 11. The molecular formula is C31H40N2O6. The summed E-state index contributed by atoms with van der Waals surface area (Å²) in [5.41, 5.74) is 2.30. The van der Waals surface area contributed by atoms with E-state index in [9.17, 15) is 14.7 Å². The number of ether oxygens (including phenoxy) is 3. The third-order valence-electron chi connectivity index (χ3n) is 7.16. The van der Waals surface area contributed by atoms with E-state index in [-0.39, 0.29) is 11.3 Å². The molecule has 8 nitrogen and oxygen atoms in total. The van der Waals surface area contributed by atoms with Gasteiger partial charge in [0.1, 0.15) is 5.76 Å². The molecule has 0 radical (unpaired) electrons. The average molecular weight is 537 g/mol. The number of morpholine rings is 1. The van der Waals surface area contributed by atoms with E-state index in [4.69, 9.17) is 14.2 Å². The molecule has 2 saturated heterocycles. The molecule has 1 N–H and O–H groups in total. The first-order valence-corrected chi connectivity index (χ1v) is 13.8. The Morgan fingerprint density at radius 3 is 2.41 bits per heavy atom. The molecule has 2 fully saturated rings. The highest BCUT2D eigenvalue weighted by molar-refractivity contribution is 6.46. The van der Waals surface area contributed by atoms with E-state index in [1.807, 2.05) is 44.2 Å². The van der Waals surface area contributed by atoms with Gasteiger partial charge in [0.15, 0.2) is 11.5 Å². The van der Waals surface area contributed by atoms with Crippen molar-refractivity contribution < 1.29 is 28.9 Å². The molecule has 0 saturated carbocycles. The Morgan fingerprint density at radius 2 is 1.74 bits per heavy atom. The fraction of sp³-hybridized carbons (Fsp3) is 0.484. The summed E-state index contributed by atoms with van der Waals surface area (Å²) in [6.07, 6.45) is 0.908. The molecule has 2 heterocycles. The third kappa shape index (κ3) is 6.81. The molecule has 2 aliphatic rings. The summed E-state index contributed by atoms with van der Waals surface area (Å²) in [4.78, 5) is 30.6. The van der Waals surface area contributed by atoms with Gasteiger partial charge in [-0.25, -0.2) is 0 Å². The molecule has 8 heteroatoms. The smallest absolute Gasteiger partial charge is 0.295 e. The van der Waals surface area contributed by atoms with Gasteiger partial charge in [-0.2, -0.15) is 0 Å². The molecule has 1 unspecified atom stereocenters. The molecule has 210 valence electrons. The molecule has 2 aliphatic heterocycles. The maximum absolute atomic E-state index is 13.4. The number of aliphatic hydroxyl groups is 1. The zero-order valence-corrected chi connectivity index (χ0v) is 23.4. The van der Waals surface area contributed by atoms with Gasteiger partial charge in [0, 0.05) is 31.7 Å². The Morgan fingerprint density at radius 1 is 1.03 bits per heavy atom. The number of carbonyl (C=O) groups excluding carboxylic acids is 2. The molecule has 1 atom stereocenters. The van der Waals surface area contributed by atoms with Gasteiger partial charge in [-0.15, -0.1) is 0 Å². The van der Waals surface area contributed by atoms with Crippen LogP contribution in [0.5, 0.6) is 11.5 Å². The largest absolute Gasteiger partial charge is 0.507 e. The lowest BCUT2D eigenvalue weighted by molar-refractivity contribution is -0.140. The number of ketones is 1. The Bertz CT molecular complexity index is 1180. The molecule has 0 bridgehead atoms. The highest BCUT2D eigenvalue weighted by Gasteiger charge is 2.46. The van der Waals surface area contributed by atoms with Crippen LogP contribution in [0.4, 0.5) is 0 Å². The zero-order chi connectivity index (χ0) is 27.9. The standard InChI is InChI=1S/C31H40N2O6/c1-5-38-26-20-24(10-11-25(26)39-17-12-21(2)3)28-27(29(34)23-8-6-22(4)7-9-23)30(35)31(36)33(28)14-13-32-15-18-37-19-16-32/h6-11,20-21,28,34H,5,12-19H2,1-4H3/b29-27+. The van der Waals surface area contributed by atoms with E-state index in [1.54, 1.807) is 17.0 Å².